The molecule has 0 saturated heterocycles. The smallest absolute Gasteiger partial charge is 0.238 e. The highest BCUT2D eigenvalue weighted by atomic mass is 32.2. The number of hydrogen-bond donors (Lipinski definition) is 2. The molecule has 24 heavy (non-hydrogen) atoms. The predicted molar refractivity (Wildman–Crippen MR) is 95.4 cm³/mol. The number of rotatable bonds is 4. The largest absolute Gasteiger partial charge is 0.497 e. The number of methoxy groups -OCH3 is 1. The molecule has 0 aliphatic heterocycles. The number of nitrogens with zero attached hydrogens (tertiary/aromatic N) is 1. The van der Waals surface area contributed by atoms with Crippen molar-refractivity contribution < 1.29 is 13.2 Å². The van der Waals surface area contributed by atoms with Crippen molar-refractivity contribution in [3.8, 4) is 17.0 Å². The second kappa shape index (κ2) is 5.85. The van der Waals surface area contributed by atoms with E-state index in [0.717, 1.165) is 22.3 Å². The van der Waals surface area contributed by atoms with Crippen molar-refractivity contribution in [3.05, 3.63) is 42.5 Å². The van der Waals surface area contributed by atoms with Crippen LogP contribution in [0.4, 0.5) is 5.69 Å². The average molecular weight is 345 g/mol. The molecule has 0 aliphatic carbocycles. The van der Waals surface area contributed by atoms with Gasteiger partial charge in [0.25, 0.3) is 0 Å². The number of anilines is 1. The fourth-order valence-corrected chi connectivity index (χ4v) is 3.50. The van der Waals surface area contributed by atoms with Gasteiger partial charge in [0, 0.05) is 23.6 Å². The zero-order valence-corrected chi connectivity index (χ0v) is 14.3. The second-order valence-corrected chi connectivity index (χ2v) is 7.02. The fraction of sp³-hybridized carbons (Fsp3) is 0.176. The first-order valence-electron chi connectivity index (χ1n) is 7.45. The molecule has 7 heteroatoms. The van der Waals surface area contributed by atoms with E-state index in [0.29, 0.717) is 17.8 Å². The summed E-state index contributed by atoms with van der Waals surface area (Å²) in [5.41, 5.74) is 9.36. The molecule has 3 aromatic rings. The molecule has 0 atom stereocenters. The van der Waals surface area contributed by atoms with Crippen molar-refractivity contribution >= 4 is 26.6 Å². The molecule has 6 nitrogen and oxygen atoms in total. The first-order chi connectivity index (χ1) is 11.4. The fourth-order valence-electron chi connectivity index (χ4n) is 2.94. The van der Waals surface area contributed by atoms with Crippen LogP contribution in [0, 0.1) is 0 Å². The number of aromatic nitrogens is 1. The van der Waals surface area contributed by atoms with Gasteiger partial charge >= 0.3 is 0 Å². The Hall–Kier alpha value is -2.51. The molecule has 4 N–H and O–H groups in total. The molecule has 0 bridgehead atoms. The van der Waals surface area contributed by atoms with Crippen molar-refractivity contribution in [1.82, 2.24) is 4.57 Å². The zero-order valence-electron chi connectivity index (χ0n) is 13.5. The summed E-state index contributed by atoms with van der Waals surface area (Å²) < 4.78 is 30.6. The number of nitrogens with two attached hydrogens (primary N) is 2. The molecule has 0 fully saturated rings. The van der Waals surface area contributed by atoms with E-state index in [2.05, 4.69) is 0 Å². The number of benzene rings is 2. The van der Waals surface area contributed by atoms with Crippen molar-refractivity contribution in [2.45, 2.75) is 18.4 Å². The van der Waals surface area contributed by atoms with Gasteiger partial charge in [-0.1, -0.05) is 12.1 Å². The van der Waals surface area contributed by atoms with Crippen LogP contribution in [0.3, 0.4) is 0 Å². The molecule has 2 aromatic carbocycles. The van der Waals surface area contributed by atoms with E-state index in [4.69, 9.17) is 15.6 Å². The van der Waals surface area contributed by atoms with Crippen LogP contribution in [0.5, 0.6) is 5.75 Å². The standard InChI is InChI=1S/C17H19N3O3S/c1-3-20-15-10-12(23-2)7-8-14(15)16(18)17(20)11-5-4-6-13(9-11)24(19,21)22/h4-10H,3,18H2,1-2H3,(H2,19,21,22). The molecular formula is C17H19N3O3S. The molecule has 3 rings (SSSR count). The number of hydrogen-bond acceptors (Lipinski definition) is 4. The minimum absolute atomic E-state index is 0.0601. The van der Waals surface area contributed by atoms with Gasteiger partial charge < -0.3 is 15.0 Å². The Morgan fingerprint density at radius 3 is 2.54 bits per heavy atom. The molecule has 0 aliphatic rings. The summed E-state index contributed by atoms with van der Waals surface area (Å²) in [7, 11) is -2.17. The molecule has 0 amide bonds. The number of ether oxygens (including phenoxy) is 1. The Morgan fingerprint density at radius 2 is 1.92 bits per heavy atom. The summed E-state index contributed by atoms with van der Waals surface area (Å²) in [6, 6.07) is 12.2. The monoisotopic (exact) mass is 345 g/mol. The van der Waals surface area contributed by atoms with Gasteiger partial charge in [-0.15, -0.1) is 0 Å². The van der Waals surface area contributed by atoms with Crippen LogP contribution in [0.15, 0.2) is 47.4 Å². The summed E-state index contributed by atoms with van der Waals surface area (Å²) in [5.74, 6) is 0.736. The third-order valence-electron chi connectivity index (χ3n) is 4.06. The van der Waals surface area contributed by atoms with E-state index in [1.165, 1.54) is 6.07 Å². The van der Waals surface area contributed by atoms with E-state index < -0.39 is 10.0 Å². The van der Waals surface area contributed by atoms with Crippen LogP contribution in [0.25, 0.3) is 22.2 Å². The van der Waals surface area contributed by atoms with E-state index in [-0.39, 0.29) is 4.90 Å². The van der Waals surface area contributed by atoms with E-state index >= 15 is 0 Å². The summed E-state index contributed by atoms with van der Waals surface area (Å²) in [6.45, 7) is 2.68. The minimum Gasteiger partial charge on any atom is -0.497 e. The van der Waals surface area contributed by atoms with Crippen LogP contribution in [-0.4, -0.2) is 20.1 Å². The van der Waals surface area contributed by atoms with Gasteiger partial charge in [0.15, 0.2) is 0 Å². The third-order valence-corrected chi connectivity index (χ3v) is 4.97. The average Bonchev–Trinajstić information content (AvgIpc) is 2.85. The lowest BCUT2D eigenvalue weighted by atomic mass is 10.1. The van der Waals surface area contributed by atoms with E-state index in [9.17, 15) is 8.42 Å². The van der Waals surface area contributed by atoms with Crippen molar-refractivity contribution in [3.63, 3.8) is 0 Å². The quantitative estimate of drug-likeness (QED) is 0.759. The van der Waals surface area contributed by atoms with Gasteiger partial charge in [-0.2, -0.15) is 0 Å². The van der Waals surface area contributed by atoms with Crippen molar-refractivity contribution in [2.24, 2.45) is 5.14 Å². The lowest BCUT2D eigenvalue weighted by molar-refractivity contribution is 0.415. The summed E-state index contributed by atoms with van der Waals surface area (Å²) in [6.07, 6.45) is 0. The maximum atomic E-state index is 11.6. The molecule has 1 heterocycles. The Balaban J connectivity index is 2.32. The Kier molecular flexibility index (Phi) is 3.98. The molecule has 0 radical (unpaired) electrons. The summed E-state index contributed by atoms with van der Waals surface area (Å²) >= 11 is 0. The maximum Gasteiger partial charge on any atom is 0.238 e. The SMILES string of the molecule is CCn1c(-c2cccc(S(N)(=O)=O)c2)c(N)c2ccc(OC)cc21. The van der Waals surface area contributed by atoms with Crippen LogP contribution >= 0.6 is 0 Å². The normalized spacial score (nSPS) is 11.8. The Morgan fingerprint density at radius 1 is 1.17 bits per heavy atom. The lowest BCUT2D eigenvalue weighted by Gasteiger charge is -2.10. The predicted octanol–water partition coefficient (Wildman–Crippen LogP) is 2.57. The number of primary sulfonamides is 1. The number of nitrogen functional groups attached to an aromatic ring is 1. The molecule has 0 spiro atoms. The minimum atomic E-state index is -3.78. The maximum absolute atomic E-state index is 11.6. The van der Waals surface area contributed by atoms with Gasteiger partial charge in [-0.25, -0.2) is 13.6 Å². The number of fused-ring (bicyclic) bond motifs is 1. The van der Waals surface area contributed by atoms with Crippen molar-refractivity contribution in [2.75, 3.05) is 12.8 Å². The molecular weight excluding hydrogens is 326 g/mol. The highest BCUT2D eigenvalue weighted by molar-refractivity contribution is 7.89. The topological polar surface area (TPSA) is 100 Å². The van der Waals surface area contributed by atoms with Gasteiger partial charge in [-0.3, -0.25) is 0 Å². The first-order valence-corrected chi connectivity index (χ1v) is 9.00. The van der Waals surface area contributed by atoms with Gasteiger partial charge in [-0.05, 0) is 31.2 Å². The summed E-state index contributed by atoms with van der Waals surface area (Å²) in [4.78, 5) is 0.0601. The summed E-state index contributed by atoms with van der Waals surface area (Å²) in [5, 5.41) is 6.14. The van der Waals surface area contributed by atoms with Gasteiger partial charge in [0.2, 0.25) is 10.0 Å². The van der Waals surface area contributed by atoms with Gasteiger partial charge in [0.05, 0.1) is 28.9 Å². The zero-order chi connectivity index (χ0) is 17.5. The van der Waals surface area contributed by atoms with Crippen LogP contribution < -0.4 is 15.6 Å². The second-order valence-electron chi connectivity index (χ2n) is 5.46. The number of aryl methyl sites for hydroxylation is 1. The Labute approximate surface area is 140 Å². The highest BCUT2D eigenvalue weighted by Crippen LogP contribution is 2.38. The van der Waals surface area contributed by atoms with Crippen molar-refractivity contribution in [1.29, 1.82) is 0 Å². The van der Waals surface area contributed by atoms with Crippen LogP contribution in [-0.2, 0) is 16.6 Å². The number of sulfonamides is 1. The highest BCUT2D eigenvalue weighted by Gasteiger charge is 2.18. The van der Waals surface area contributed by atoms with E-state index in [1.807, 2.05) is 35.8 Å². The first kappa shape index (κ1) is 16.4. The lowest BCUT2D eigenvalue weighted by Crippen LogP contribution is -2.12. The molecule has 0 unspecified atom stereocenters. The third kappa shape index (κ3) is 2.61. The molecule has 0 saturated carbocycles. The van der Waals surface area contributed by atoms with E-state index in [1.54, 1.807) is 19.2 Å². The molecule has 1 aromatic heterocycles. The van der Waals surface area contributed by atoms with Gasteiger partial charge in [0.1, 0.15) is 5.75 Å². The molecule has 126 valence electrons. The Bertz CT molecular complexity index is 1020. The van der Waals surface area contributed by atoms with Crippen LogP contribution in [0.1, 0.15) is 6.92 Å². The van der Waals surface area contributed by atoms with Crippen LogP contribution in [0.2, 0.25) is 0 Å².